The normalized spacial score (nSPS) is 13.8. The summed E-state index contributed by atoms with van der Waals surface area (Å²) in [6.07, 6.45) is 2.90. The van der Waals surface area contributed by atoms with Gasteiger partial charge >= 0.3 is 0 Å². The molecule has 2 heterocycles. The van der Waals surface area contributed by atoms with Crippen LogP contribution in [-0.4, -0.2) is 38.6 Å². The molecule has 2 aromatic carbocycles. The molecule has 130 valence electrons. The van der Waals surface area contributed by atoms with E-state index in [2.05, 4.69) is 20.8 Å². The van der Waals surface area contributed by atoms with E-state index in [0.717, 1.165) is 12.1 Å². The Labute approximate surface area is 149 Å². The molecule has 0 bridgehead atoms. The molecule has 0 spiro atoms. The van der Waals surface area contributed by atoms with Gasteiger partial charge in [0.05, 0.1) is 5.69 Å². The molecule has 0 unspecified atom stereocenters. The van der Waals surface area contributed by atoms with Gasteiger partial charge in [0.2, 0.25) is 5.91 Å². The molecule has 26 heavy (non-hydrogen) atoms. The van der Waals surface area contributed by atoms with Crippen molar-refractivity contribution in [1.82, 2.24) is 20.2 Å². The molecule has 1 saturated heterocycles. The monoisotopic (exact) mass is 348 g/mol. The molecule has 8 heteroatoms. The maximum atomic E-state index is 12.6. The fourth-order valence-electron chi connectivity index (χ4n) is 2.95. The summed E-state index contributed by atoms with van der Waals surface area (Å²) in [6.45, 7) is 0.713. The number of rotatable bonds is 4. The van der Waals surface area contributed by atoms with Gasteiger partial charge in [0.15, 0.2) is 0 Å². The van der Waals surface area contributed by atoms with Gasteiger partial charge in [0.1, 0.15) is 6.33 Å². The fraction of sp³-hybridized carbons (Fsp3) is 0.167. The van der Waals surface area contributed by atoms with Crippen LogP contribution in [0, 0.1) is 0 Å². The molecule has 0 radical (unpaired) electrons. The van der Waals surface area contributed by atoms with Crippen LogP contribution in [0.15, 0.2) is 54.9 Å². The number of nitrogens with zero attached hydrogens (tertiary/aromatic N) is 5. The highest BCUT2D eigenvalue weighted by atomic mass is 16.2. The smallest absolute Gasteiger partial charge is 0.255 e. The number of aromatic nitrogens is 4. The Bertz CT molecular complexity index is 954. The van der Waals surface area contributed by atoms with E-state index in [4.69, 9.17) is 0 Å². The lowest BCUT2D eigenvalue weighted by atomic mass is 10.1. The summed E-state index contributed by atoms with van der Waals surface area (Å²) in [5, 5.41) is 13.9. The zero-order valence-corrected chi connectivity index (χ0v) is 13.9. The Hall–Kier alpha value is -3.55. The van der Waals surface area contributed by atoms with Crippen LogP contribution in [0.2, 0.25) is 0 Å². The molecule has 1 N–H and O–H groups in total. The van der Waals surface area contributed by atoms with Crippen LogP contribution in [0.1, 0.15) is 23.2 Å². The van der Waals surface area contributed by atoms with Crippen LogP contribution >= 0.6 is 0 Å². The molecule has 0 aliphatic carbocycles. The number of carbonyl (C=O) groups excluding carboxylic acids is 2. The van der Waals surface area contributed by atoms with Crippen molar-refractivity contribution in [3.63, 3.8) is 0 Å². The third-order valence-electron chi connectivity index (χ3n) is 4.21. The van der Waals surface area contributed by atoms with Gasteiger partial charge < -0.3 is 10.2 Å². The van der Waals surface area contributed by atoms with Crippen molar-refractivity contribution >= 4 is 23.2 Å². The quantitative estimate of drug-likeness (QED) is 0.779. The number of hydrogen-bond acceptors (Lipinski definition) is 5. The highest BCUT2D eigenvalue weighted by Gasteiger charge is 2.21. The van der Waals surface area contributed by atoms with E-state index < -0.39 is 0 Å². The van der Waals surface area contributed by atoms with Crippen molar-refractivity contribution in [2.24, 2.45) is 0 Å². The minimum atomic E-state index is -0.246. The van der Waals surface area contributed by atoms with E-state index >= 15 is 0 Å². The molecule has 2 amide bonds. The van der Waals surface area contributed by atoms with Gasteiger partial charge in [-0.25, -0.2) is 4.68 Å². The summed E-state index contributed by atoms with van der Waals surface area (Å²) < 4.78 is 1.48. The lowest BCUT2D eigenvalue weighted by Gasteiger charge is -2.16. The first-order valence-corrected chi connectivity index (χ1v) is 8.26. The highest BCUT2D eigenvalue weighted by molar-refractivity contribution is 6.05. The maximum Gasteiger partial charge on any atom is 0.255 e. The Balaban J connectivity index is 1.53. The highest BCUT2D eigenvalue weighted by Crippen LogP contribution is 2.24. The lowest BCUT2D eigenvalue weighted by Crippen LogP contribution is -2.23. The Morgan fingerprint density at radius 1 is 1.08 bits per heavy atom. The van der Waals surface area contributed by atoms with Gasteiger partial charge in [0.25, 0.3) is 5.91 Å². The van der Waals surface area contributed by atoms with Crippen molar-refractivity contribution in [2.45, 2.75) is 12.8 Å². The van der Waals surface area contributed by atoms with Crippen LogP contribution in [0.5, 0.6) is 0 Å². The van der Waals surface area contributed by atoms with Crippen LogP contribution in [0.4, 0.5) is 11.4 Å². The molecule has 1 aliphatic heterocycles. The molecule has 1 fully saturated rings. The standard InChI is InChI=1S/C18H16N6O2/c25-17-8-3-9-23(17)15-6-2-5-14(11-15)20-18(26)13-4-1-7-16(10-13)24-12-19-21-22-24/h1-2,4-7,10-12H,3,8-9H2,(H,20,26). The first-order valence-electron chi connectivity index (χ1n) is 8.26. The minimum absolute atomic E-state index is 0.114. The second-order valence-electron chi connectivity index (χ2n) is 5.96. The number of hydrogen-bond donors (Lipinski definition) is 1. The van der Waals surface area contributed by atoms with Crippen molar-refractivity contribution in [3.8, 4) is 5.69 Å². The van der Waals surface area contributed by atoms with Crippen LogP contribution in [0.25, 0.3) is 5.69 Å². The van der Waals surface area contributed by atoms with Crippen LogP contribution in [0.3, 0.4) is 0 Å². The zero-order valence-electron chi connectivity index (χ0n) is 13.9. The topological polar surface area (TPSA) is 93.0 Å². The second kappa shape index (κ2) is 6.75. The number of benzene rings is 2. The average Bonchev–Trinajstić information content (AvgIpc) is 3.34. The minimum Gasteiger partial charge on any atom is -0.322 e. The van der Waals surface area contributed by atoms with Gasteiger partial charge in [-0.1, -0.05) is 12.1 Å². The van der Waals surface area contributed by atoms with Crippen LogP contribution < -0.4 is 10.2 Å². The van der Waals surface area contributed by atoms with E-state index in [9.17, 15) is 9.59 Å². The number of nitrogens with one attached hydrogen (secondary N) is 1. The molecule has 1 aliphatic rings. The van der Waals surface area contributed by atoms with Crippen molar-refractivity contribution in [3.05, 3.63) is 60.4 Å². The molecule has 8 nitrogen and oxygen atoms in total. The van der Waals surface area contributed by atoms with Crippen LogP contribution in [-0.2, 0) is 4.79 Å². The maximum absolute atomic E-state index is 12.6. The molecule has 0 saturated carbocycles. The average molecular weight is 348 g/mol. The Kier molecular flexibility index (Phi) is 4.14. The van der Waals surface area contributed by atoms with Gasteiger partial charge in [-0.15, -0.1) is 5.10 Å². The fourth-order valence-corrected chi connectivity index (χ4v) is 2.95. The predicted octanol–water partition coefficient (Wildman–Crippen LogP) is 2.04. The molecular weight excluding hydrogens is 332 g/mol. The summed E-state index contributed by atoms with van der Waals surface area (Å²) in [4.78, 5) is 26.2. The second-order valence-corrected chi connectivity index (χ2v) is 5.96. The van der Waals surface area contributed by atoms with Crippen molar-refractivity contribution in [2.75, 3.05) is 16.8 Å². The Morgan fingerprint density at radius 3 is 2.69 bits per heavy atom. The molecule has 4 rings (SSSR count). The van der Waals surface area contributed by atoms with Gasteiger partial charge in [-0.3, -0.25) is 9.59 Å². The van der Waals surface area contributed by atoms with E-state index in [1.54, 1.807) is 29.2 Å². The van der Waals surface area contributed by atoms with Gasteiger partial charge in [-0.2, -0.15) is 0 Å². The van der Waals surface area contributed by atoms with Crippen molar-refractivity contribution < 1.29 is 9.59 Å². The third kappa shape index (κ3) is 3.16. The first-order chi connectivity index (χ1) is 12.7. The summed E-state index contributed by atoms with van der Waals surface area (Å²) in [5.41, 5.74) is 2.62. The van der Waals surface area contributed by atoms with E-state index in [-0.39, 0.29) is 11.8 Å². The van der Waals surface area contributed by atoms with E-state index in [1.807, 2.05) is 24.3 Å². The van der Waals surface area contributed by atoms with Crippen molar-refractivity contribution in [1.29, 1.82) is 0 Å². The van der Waals surface area contributed by atoms with Gasteiger partial charge in [-0.05, 0) is 53.2 Å². The summed E-state index contributed by atoms with van der Waals surface area (Å²) in [7, 11) is 0. The summed E-state index contributed by atoms with van der Waals surface area (Å²) >= 11 is 0. The summed E-state index contributed by atoms with van der Waals surface area (Å²) in [6, 6.07) is 14.3. The number of carbonyl (C=O) groups is 2. The predicted molar refractivity (Wildman–Crippen MR) is 95.1 cm³/mol. The molecule has 0 atom stereocenters. The number of anilines is 2. The summed E-state index contributed by atoms with van der Waals surface area (Å²) in [5.74, 6) is -0.132. The number of tetrazole rings is 1. The number of amides is 2. The SMILES string of the molecule is O=C(Nc1cccc(N2CCCC2=O)c1)c1cccc(-n2cnnn2)c1. The third-order valence-corrected chi connectivity index (χ3v) is 4.21. The van der Waals surface area contributed by atoms with E-state index in [1.165, 1.54) is 11.0 Å². The van der Waals surface area contributed by atoms with Gasteiger partial charge in [0, 0.05) is 29.9 Å². The lowest BCUT2D eigenvalue weighted by molar-refractivity contribution is -0.117. The molecule has 1 aromatic heterocycles. The first kappa shape index (κ1) is 15.9. The largest absolute Gasteiger partial charge is 0.322 e. The molecule has 3 aromatic rings. The molecular formula is C18H16N6O2. The Morgan fingerprint density at radius 2 is 1.92 bits per heavy atom. The van der Waals surface area contributed by atoms with E-state index in [0.29, 0.717) is 29.9 Å². The zero-order chi connectivity index (χ0) is 17.9.